The lowest BCUT2D eigenvalue weighted by atomic mass is 9.85. The van der Waals surface area contributed by atoms with E-state index in [-0.39, 0.29) is 36.3 Å². The van der Waals surface area contributed by atoms with Crippen molar-refractivity contribution in [1.29, 1.82) is 0 Å². The molecule has 4 aromatic rings. The molecule has 1 heterocycles. The second-order valence-corrected chi connectivity index (χ2v) is 11.8. The summed E-state index contributed by atoms with van der Waals surface area (Å²) in [4.78, 5) is 28.2. The zero-order valence-electron chi connectivity index (χ0n) is 25.9. The Kier molecular flexibility index (Phi) is 10.3. The third-order valence-electron chi connectivity index (χ3n) is 6.69. The van der Waals surface area contributed by atoms with E-state index in [0.29, 0.717) is 11.4 Å². The maximum atomic E-state index is 14.0. The van der Waals surface area contributed by atoms with Crippen LogP contribution in [0.1, 0.15) is 48.0 Å². The van der Waals surface area contributed by atoms with E-state index in [4.69, 9.17) is 18.9 Å². The van der Waals surface area contributed by atoms with Gasteiger partial charge in [-0.3, -0.25) is 9.36 Å². The molecule has 0 atom stereocenters. The third-order valence-corrected chi connectivity index (χ3v) is 6.99. The Morgan fingerprint density at radius 1 is 0.844 bits per heavy atom. The van der Waals surface area contributed by atoms with Gasteiger partial charge in [-0.15, -0.1) is 0 Å². The monoisotopic (exact) mass is 633 g/mol. The van der Waals surface area contributed by atoms with Crippen molar-refractivity contribution in [2.75, 3.05) is 21.2 Å². The summed E-state index contributed by atoms with van der Waals surface area (Å²) in [6.45, 7) is 5.97. The maximum Gasteiger partial charge on any atom is 0.455 e. The standard InChI is InChI=1S/C33H35N3O8S/c1-33(2,3)25-19-24(41-6)17-18-26(25)36-27(30(37)35(4)5)28(42-20-22-13-9-7-10-14-22)29(31(36)44-32(38)34-45(39)40)43-21-23-15-11-8-12-16-23/h7-19H,20-21H2,1-6H3. The van der Waals surface area contributed by atoms with Crippen LogP contribution in [0.4, 0.5) is 4.79 Å². The summed E-state index contributed by atoms with van der Waals surface area (Å²) in [7, 11) is 1.59. The normalized spacial score (nSPS) is 11.0. The Morgan fingerprint density at radius 3 is 1.89 bits per heavy atom. The van der Waals surface area contributed by atoms with Gasteiger partial charge in [0.25, 0.3) is 11.8 Å². The Morgan fingerprint density at radius 2 is 1.40 bits per heavy atom. The number of amides is 2. The molecule has 45 heavy (non-hydrogen) atoms. The minimum atomic E-state index is -3.10. The van der Waals surface area contributed by atoms with E-state index in [2.05, 4.69) is 4.36 Å². The van der Waals surface area contributed by atoms with Crippen molar-refractivity contribution >= 4 is 22.5 Å². The van der Waals surface area contributed by atoms with E-state index in [1.807, 2.05) is 87.5 Å². The quantitative estimate of drug-likeness (QED) is 0.202. The van der Waals surface area contributed by atoms with Gasteiger partial charge in [-0.05, 0) is 40.3 Å². The second kappa shape index (κ2) is 14.1. The van der Waals surface area contributed by atoms with Crippen LogP contribution in [0, 0.1) is 0 Å². The fraction of sp³-hybridized carbons (Fsp3) is 0.273. The van der Waals surface area contributed by atoms with Gasteiger partial charge < -0.3 is 23.8 Å². The number of hydrogen-bond acceptors (Lipinski definition) is 8. The second-order valence-electron chi connectivity index (χ2n) is 11.2. The summed E-state index contributed by atoms with van der Waals surface area (Å²) in [6.07, 6.45) is -1.43. The first-order valence-corrected chi connectivity index (χ1v) is 15.0. The van der Waals surface area contributed by atoms with Gasteiger partial charge in [0.15, 0.2) is 11.4 Å². The summed E-state index contributed by atoms with van der Waals surface area (Å²) in [5, 5.41) is 0. The molecule has 0 bridgehead atoms. The number of nitrogens with zero attached hydrogens (tertiary/aromatic N) is 3. The molecule has 2 amide bonds. The SMILES string of the molecule is COc1ccc(-n2c(OC(=O)N=S(=O)=O)c(OCc3ccccc3)c(OCc3ccccc3)c2C(=O)N(C)C)c(C(C)(C)C)c1. The van der Waals surface area contributed by atoms with Crippen LogP contribution in [0.25, 0.3) is 5.69 Å². The molecule has 0 aliphatic carbocycles. The minimum Gasteiger partial charge on any atom is -0.497 e. The van der Waals surface area contributed by atoms with Gasteiger partial charge in [-0.2, -0.15) is 8.42 Å². The van der Waals surface area contributed by atoms with Gasteiger partial charge in [-0.25, -0.2) is 4.79 Å². The fourth-order valence-electron chi connectivity index (χ4n) is 4.56. The van der Waals surface area contributed by atoms with Crippen molar-refractivity contribution in [2.24, 2.45) is 4.36 Å². The molecular weight excluding hydrogens is 598 g/mol. The molecule has 236 valence electrons. The predicted molar refractivity (Wildman–Crippen MR) is 168 cm³/mol. The highest BCUT2D eigenvalue weighted by molar-refractivity contribution is 7.62. The molecule has 0 N–H and O–H groups in total. The molecule has 0 saturated heterocycles. The molecule has 11 nitrogen and oxygen atoms in total. The lowest BCUT2D eigenvalue weighted by Gasteiger charge is -2.26. The van der Waals surface area contributed by atoms with Crippen LogP contribution in [0.15, 0.2) is 83.2 Å². The van der Waals surface area contributed by atoms with Crippen molar-refractivity contribution in [3.8, 4) is 28.8 Å². The van der Waals surface area contributed by atoms with E-state index in [1.165, 1.54) is 9.47 Å². The lowest BCUT2D eigenvalue weighted by molar-refractivity contribution is 0.0813. The number of hydrogen-bond donors (Lipinski definition) is 0. The summed E-state index contributed by atoms with van der Waals surface area (Å²) >= 11 is 0. The highest BCUT2D eigenvalue weighted by Gasteiger charge is 2.36. The predicted octanol–water partition coefficient (Wildman–Crippen LogP) is 6.20. The summed E-state index contributed by atoms with van der Waals surface area (Å²) in [6, 6.07) is 23.8. The largest absolute Gasteiger partial charge is 0.497 e. The topological polar surface area (TPSA) is 126 Å². The van der Waals surface area contributed by atoms with Crippen molar-refractivity contribution in [2.45, 2.75) is 39.4 Å². The van der Waals surface area contributed by atoms with Crippen molar-refractivity contribution < 1.29 is 37.0 Å². The smallest absolute Gasteiger partial charge is 0.455 e. The number of carbonyl (C=O) groups excluding carboxylic acids is 2. The van der Waals surface area contributed by atoms with Gasteiger partial charge in [0.05, 0.1) is 12.8 Å². The summed E-state index contributed by atoms with van der Waals surface area (Å²) in [5.41, 5.74) is 2.22. The zero-order valence-corrected chi connectivity index (χ0v) is 26.8. The van der Waals surface area contributed by atoms with Crippen LogP contribution in [0.2, 0.25) is 0 Å². The van der Waals surface area contributed by atoms with Crippen molar-refractivity contribution in [3.05, 3.63) is 101 Å². The van der Waals surface area contributed by atoms with E-state index in [1.54, 1.807) is 33.3 Å². The van der Waals surface area contributed by atoms with E-state index >= 15 is 0 Å². The Labute approximate surface area is 263 Å². The van der Waals surface area contributed by atoms with Crippen LogP contribution >= 0.6 is 0 Å². The van der Waals surface area contributed by atoms with E-state index in [0.717, 1.165) is 16.7 Å². The first-order valence-electron chi connectivity index (χ1n) is 14.0. The molecule has 0 aliphatic heterocycles. The first kappa shape index (κ1) is 32.8. The van der Waals surface area contributed by atoms with Gasteiger partial charge in [0.2, 0.25) is 5.75 Å². The van der Waals surface area contributed by atoms with Crippen LogP contribution in [0.3, 0.4) is 0 Å². The van der Waals surface area contributed by atoms with Gasteiger partial charge >= 0.3 is 16.6 Å². The van der Waals surface area contributed by atoms with Gasteiger partial charge in [0, 0.05) is 14.1 Å². The molecular formula is C33H35N3O8S. The van der Waals surface area contributed by atoms with Crippen molar-refractivity contribution in [1.82, 2.24) is 9.47 Å². The molecule has 0 fully saturated rings. The average Bonchev–Trinajstić information content (AvgIpc) is 3.30. The van der Waals surface area contributed by atoms with E-state index < -0.39 is 27.9 Å². The molecule has 0 radical (unpaired) electrons. The highest BCUT2D eigenvalue weighted by atomic mass is 32.2. The lowest BCUT2D eigenvalue weighted by Crippen LogP contribution is -2.26. The zero-order chi connectivity index (χ0) is 32.7. The molecule has 4 rings (SSSR count). The Hall–Kier alpha value is -5.10. The van der Waals surface area contributed by atoms with Crippen LogP contribution < -0.4 is 18.9 Å². The highest BCUT2D eigenvalue weighted by Crippen LogP contribution is 2.48. The molecule has 12 heteroatoms. The summed E-state index contributed by atoms with van der Waals surface area (Å²) < 4.78 is 50.8. The number of aromatic nitrogens is 1. The third kappa shape index (κ3) is 7.90. The number of carbonyl (C=O) groups is 2. The molecule has 0 saturated carbocycles. The average molecular weight is 634 g/mol. The van der Waals surface area contributed by atoms with Crippen molar-refractivity contribution in [3.63, 3.8) is 0 Å². The summed E-state index contributed by atoms with van der Waals surface area (Å²) in [5.74, 6) is -0.308. The van der Waals surface area contributed by atoms with Crippen LogP contribution in [-0.2, 0) is 29.1 Å². The molecule has 0 aliphatic rings. The maximum absolute atomic E-state index is 14.0. The van der Waals surface area contributed by atoms with Gasteiger partial charge in [-0.1, -0.05) is 85.8 Å². The minimum absolute atomic E-state index is 0.00444. The Balaban J connectivity index is 2.09. The molecule has 0 unspecified atom stereocenters. The number of methoxy groups -OCH3 is 1. The molecule has 0 spiro atoms. The number of ether oxygens (including phenoxy) is 4. The molecule has 3 aromatic carbocycles. The fourth-order valence-corrected chi connectivity index (χ4v) is 4.72. The molecule has 1 aromatic heterocycles. The Bertz CT molecular complexity index is 1800. The van der Waals surface area contributed by atoms with E-state index in [9.17, 15) is 18.0 Å². The van der Waals surface area contributed by atoms with Crippen LogP contribution in [0.5, 0.6) is 23.1 Å². The van der Waals surface area contributed by atoms with Crippen LogP contribution in [-0.4, -0.2) is 51.1 Å². The number of rotatable bonds is 10. The first-order chi connectivity index (χ1) is 21.4. The van der Waals surface area contributed by atoms with Gasteiger partial charge in [0.1, 0.15) is 19.0 Å². The number of benzene rings is 3.